The van der Waals surface area contributed by atoms with Crippen LogP contribution in [0.2, 0.25) is 0 Å². The molecule has 0 aromatic rings. The number of rotatable bonds is 14. The molecule has 0 aromatic carbocycles. The predicted molar refractivity (Wildman–Crippen MR) is 475 cm³/mol. The number of carbonyl (C=O) groups excluding carboxylic acids is 3. The standard InChI is InChI=1S/C28H44O6.C25H36O6.C25H34O6.C25H36O6/c1-6-7-17-12-20-23-19(16(2)3)8-9-27(23,4)10-11-28(20,5)22(13-18(17)14-29)34-26-25(32)24(31)21(30)15-33-26;2*1-13(2)15-7-8-24(3)9-10-25(4)16(18(15)24)6-5-14(11-26)20-22(25)31-23-21(30-20)19(28)17(27)12-29-23;1-14(2)16-7-8-24(3)9-10-25(4)17(20(16)24)6-5-15(12-26)11-19(25)31-23-22(29)21(28)18(27)13-30-23/h13-14,16-17,20-22,24-26,30-32H,6-12,15H2,1-5H3;5-6,13,17,19-23,26-28H,7-12H2,1-4H3;5-6,11,13,17,19-23,27-28H,7-10,12H2,1-4H3;5-6,12,14,18-19,21-23,27-29H,7-11,13H2,1-4H3/t17?,20?,21-,22+,24+,25-,26+,27-,28-;2*17-,19+,20-,21-,22+,23+,24-,25-;18-,19+,21+,22-,23+,24-,25-/m1111/s1. The highest BCUT2D eigenvalue weighted by Crippen LogP contribution is 2.69. The third-order valence-electron chi connectivity index (χ3n) is 34.7. The summed E-state index contributed by atoms with van der Waals surface area (Å²) in [5.74, 6) is 2.36. The lowest BCUT2D eigenvalue weighted by Crippen LogP contribution is -2.64. The molecule has 6 saturated heterocycles. The minimum absolute atomic E-state index is 0.000408. The van der Waals surface area contributed by atoms with Gasteiger partial charge >= 0.3 is 0 Å². The minimum Gasteiger partial charge on any atom is -0.392 e. The summed E-state index contributed by atoms with van der Waals surface area (Å²) >= 11 is 0. The van der Waals surface area contributed by atoms with E-state index < -0.39 is 129 Å². The third kappa shape index (κ3) is 17.2. The zero-order valence-corrected chi connectivity index (χ0v) is 78.3. The van der Waals surface area contributed by atoms with Crippen molar-refractivity contribution in [3.8, 4) is 0 Å². The summed E-state index contributed by atoms with van der Waals surface area (Å²) in [6.45, 7) is 38.5. The highest BCUT2D eigenvalue weighted by atomic mass is 16.7. The van der Waals surface area contributed by atoms with Gasteiger partial charge in [-0.1, -0.05) is 188 Å². The second-order valence-corrected chi connectivity index (χ2v) is 44.2. The molecular weight excluding hydrogens is 1620 g/mol. The maximum Gasteiger partial charge on any atom is 0.187 e. The quantitative estimate of drug-likeness (QED) is 0.0568. The van der Waals surface area contributed by atoms with Crippen LogP contribution >= 0.6 is 0 Å². The van der Waals surface area contributed by atoms with Gasteiger partial charge in [-0.15, -0.1) is 0 Å². The van der Waals surface area contributed by atoms with E-state index in [2.05, 4.69) is 136 Å². The predicted octanol–water partition coefficient (Wildman–Crippen LogP) is 12.2. The Morgan fingerprint density at radius 2 is 0.850 bits per heavy atom. The largest absolute Gasteiger partial charge is 0.392 e. The second-order valence-electron chi connectivity index (χ2n) is 44.2. The lowest BCUT2D eigenvalue weighted by molar-refractivity contribution is -0.354. The summed E-state index contributed by atoms with van der Waals surface area (Å²) < 4.78 is 61.1. The molecule has 6 heterocycles. The lowest BCUT2D eigenvalue weighted by atomic mass is 9.53. The summed E-state index contributed by atoms with van der Waals surface area (Å²) in [4.78, 5) is 36.1. The molecule has 32 atom stereocenters. The first-order valence-corrected chi connectivity index (χ1v) is 48.1. The number of hydrogen-bond donors (Lipinski definition) is 11. The zero-order valence-electron chi connectivity index (χ0n) is 78.3. The van der Waals surface area contributed by atoms with Crippen LogP contribution < -0.4 is 0 Å². The number of carbonyl (C=O) groups is 3. The number of aliphatic hydroxyl groups excluding tert-OH is 11. The number of aliphatic hydroxyl groups is 11. The van der Waals surface area contributed by atoms with Gasteiger partial charge < -0.3 is 104 Å². The van der Waals surface area contributed by atoms with Crippen LogP contribution in [0.15, 0.2) is 126 Å². The van der Waals surface area contributed by atoms with Gasteiger partial charge in [-0.25, -0.2) is 0 Å². The molecule has 24 heteroatoms. The van der Waals surface area contributed by atoms with Crippen molar-refractivity contribution in [2.45, 2.75) is 381 Å². The fourth-order valence-electron chi connectivity index (χ4n) is 26.3. The molecule has 18 rings (SSSR count). The number of aldehydes is 3. The smallest absolute Gasteiger partial charge is 0.187 e. The molecule has 127 heavy (non-hydrogen) atoms. The Morgan fingerprint density at radius 1 is 0.433 bits per heavy atom. The molecule has 4 saturated carbocycles. The van der Waals surface area contributed by atoms with Crippen molar-refractivity contribution >= 4 is 18.9 Å². The normalized spacial score (nSPS) is 45.5. The molecule has 12 aliphatic carbocycles. The summed E-state index contributed by atoms with van der Waals surface area (Å²) in [6.07, 6.45) is 17.6. The fourth-order valence-corrected chi connectivity index (χ4v) is 26.3. The van der Waals surface area contributed by atoms with E-state index in [1.54, 1.807) is 16.7 Å². The number of fused-ring (bicyclic) bond motifs is 18. The Bertz CT molecular complexity index is 4470. The zero-order chi connectivity index (χ0) is 91.6. The summed E-state index contributed by atoms with van der Waals surface area (Å²) in [6, 6.07) is 0. The monoisotopic (exact) mass is 1770 g/mol. The highest BCUT2D eigenvalue weighted by molar-refractivity contribution is 5.77. The van der Waals surface area contributed by atoms with Gasteiger partial charge in [0.15, 0.2) is 25.2 Å². The molecule has 0 bridgehead atoms. The molecular formula is C103H150O24. The first-order valence-electron chi connectivity index (χ1n) is 48.1. The van der Waals surface area contributed by atoms with Crippen LogP contribution in [0.4, 0.5) is 0 Å². The van der Waals surface area contributed by atoms with Gasteiger partial charge in [-0.2, -0.15) is 0 Å². The van der Waals surface area contributed by atoms with Crippen molar-refractivity contribution in [1.29, 1.82) is 0 Å². The van der Waals surface area contributed by atoms with Crippen LogP contribution in [0.1, 0.15) is 246 Å². The van der Waals surface area contributed by atoms with Crippen LogP contribution in [-0.4, -0.2) is 243 Å². The van der Waals surface area contributed by atoms with E-state index in [-0.39, 0.29) is 94.3 Å². The SMILES string of the molecule is CC(C)C1=C2C3=CC=C(C=O)C[C@H](O[C@@H]4OC[C@@H](O)[C@H](O)[C@H]4O)[C@]3(C)CC[C@@]2(C)CC1.CC(C)C1=C2C3=CC=C(C=O)[C@H]4O[C@H]5[C@@H](OC[C@@H](O)[C@@H]5O)O[C@@H]4[C@]3(C)CC[C@@]2(C)CC1.CC(C)C1=C2C3=CC=C(CO)[C@H]4O[C@H]5[C@@H](OC[C@@H](O)[C@@H]5O)O[C@@H]4[C@]3(C)CC[C@@]2(C)CC1.CCCC1CC2C3=C(C(C)C)CC[C@]3(C)CC[C@@]2(C)[C@@H](O[C@@H]2OC[C@@H](O)[C@H](O)[C@H]2O)C=C1C=O. The Kier molecular flexibility index (Phi) is 28.4. The Labute approximate surface area is 752 Å². The number of ether oxygens (including phenoxy) is 10. The van der Waals surface area contributed by atoms with E-state index in [1.165, 1.54) is 57.4 Å². The fraction of sp³-hybridized carbons (Fsp3) is 0.757. The van der Waals surface area contributed by atoms with Gasteiger partial charge in [0.1, 0.15) is 117 Å². The topological polar surface area (TPSA) is 366 Å². The van der Waals surface area contributed by atoms with Crippen molar-refractivity contribution in [2.24, 2.45) is 78.8 Å². The van der Waals surface area contributed by atoms with Crippen LogP contribution in [-0.2, 0) is 61.8 Å². The van der Waals surface area contributed by atoms with E-state index >= 15 is 0 Å². The van der Waals surface area contributed by atoms with Gasteiger partial charge in [-0.05, 0) is 229 Å². The molecule has 11 N–H and O–H groups in total. The molecule has 0 amide bonds. The maximum absolute atomic E-state index is 12.3. The van der Waals surface area contributed by atoms with Crippen LogP contribution in [0, 0.1) is 78.8 Å². The van der Waals surface area contributed by atoms with Crippen molar-refractivity contribution < 1.29 is 118 Å². The van der Waals surface area contributed by atoms with E-state index in [1.807, 2.05) is 24.3 Å². The van der Waals surface area contributed by atoms with Gasteiger partial charge in [0.2, 0.25) is 0 Å². The first-order chi connectivity index (χ1) is 60.0. The van der Waals surface area contributed by atoms with Gasteiger partial charge in [0.25, 0.3) is 0 Å². The van der Waals surface area contributed by atoms with Crippen molar-refractivity contribution in [3.63, 3.8) is 0 Å². The summed E-state index contributed by atoms with van der Waals surface area (Å²) in [7, 11) is 0. The van der Waals surface area contributed by atoms with E-state index in [4.69, 9.17) is 47.4 Å². The number of hydrogen-bond acceptors (Lipinski definition) is 24. The third-order valence-corrected chi connectivity index (χ3v) is 34.7. The molecule has 0 aromatic heterocycles. The van der Waals surface area contributed by atoms with Gasteiger partial charge in [-0.3, -0.25) is 14.4 Å². The van der Waals surface area contributed by atoms with Gasteiger partial charge in [0.05, 0.1) is 45.2 Å². The molecule has 2 unspecified atom stereocenters. The van der Waals surface area contributed by atoms with Crippen LogP contribution in [0.3, 0.4) is 0 Å². The van der Waals surface area contributed by atoms with E-state index in [0.717, 1.165) is 139 Å². The molecule has 706 valence electrons. The highest BCUT2D eigenvalue weighted by Gasteiger charge is 2.64. The summed E-state index contributed by atoms with van der Waals surface area (Å²) in [5.41, 5.74) is 17.9. The van der Waals surface area contributed by atoms with Crippen molar-refractivity contribution in [3.05, 3.63) is 126 Å². The first kappa shape index (κ1) is 96.9. The minimum atomic E-state index is -1.35. The molecule has 0 radical (unpaired) electrons. The molecule has 10 fully saturated rings. The number of allylic oxidation sites excluding steroid dienone is 15. The average molecular weight is 1770 g/mol. The Morgan fingerprint density at radius 3 is 1.32 bits per heavy atom. The van der Waals surface area contributed by atoms with Gasteiger partial charge in [0, 0.05) is 33.7 Å². The molecule has 6 aliphatic heterocycles. The average Bonchev–Trinajstić information content (AvgIpc) is 1.60. The Hall–Kier alpha value is -4.69. The van der Waals surface area contributed by atoms with E-state index in [9.17, 15) is 70.6 Å². The second kappa shape index (κ2) is 37.2. The Balaban J connectivity index is 0.000000131. The molecule has 18 aliphatic rings. The maximum atomic E-state index is 12.3. The van der Waals surface area contributed by atoms with Crippen molar-refractivity contribution in [2.75, 3.05) is 33.0 Å². The molecule has 0 spiro atoms. The van der Waals surface area contributed by atoms with Crippen LogP contribution in [0.25, 0.3) is 0 Å². The van der Waals surface area contributed by atoms with Crippen LogP contribution in [0.5, 0.6) is 0 Å². The molecule has 24 nitrogen and oxygen atoms in total. The lowest BCUT2D eigenvalue weighted by Gasteiger charge is -2.55. The van der Waals surface area contributed by atoms with Crippen molar-refractivity contribution in [1.82, 2.24) is 0 Å². The van der Waals surface area contributed by atoms with E-state index in [0.29, 0.717) is 41.2 Å². The summed E-state index contributed by atoms with van der Waals surface area (Å²) in [5, 5.41) is 112.